The van der Waals surface area contributed by atoms with Gasteiger partial charge in [-0.2, -0.15) is 0 Å². The standard InChI is InChI=1S/C18H19N3O3S/c1-13-12-25-18(19-13)20-17(23)11-21(10-15-6-4-8-24-15)9-14-5-2-3-7-16(14)22/h2-8,12,22H,9-11H2,1H3,(H,19,20,23). The molecule has 25 heavy (non-hydrogen) atoms. The van der Waals surface area contributed by atoms with Crippen LogP contribution in [0.3, 0.4) is 0 Å². The van der Waals surface area contributed by atoms with E-state index in [1.807, 2.05) is 41.5 Å². The zero-order valence-electron chi connectivity index (χ0n) is 13.8. The maximum absolute atomic E-state index is 12.4. The van der Waals surface area contributed by atoms with Crippen LogP contribution in [-0.2, 0) is 17.9 Å². The van der Waals surface area contributed by atoms with E-state index in [2.05, 4.69) is 10.3 Å². The second-order valence-electron chi connectivity index (χ2n) is 5.70. The number of benzene rings is 1. The monoisotopic (exact) mass is 357 g/mol. The molecule has 7 heteroatoms. The fourth-order valence-electron chi connectivity index (χ4n) is 2.45. The molecule has 0 bridgehead atoms. The van der Waals surface area contributed by atoms with Gasteiger partial charge in [0.25, 0.3) is 0 Å². The molecule has 6 nitrogen and oxygen atoms in total. The number of rotatable bonds is 7. The molecule has 0 fully saturated rings. The number of phenols is 1. The van der Waals surface area contributed by atoms with E-state index in [-0.39, 0.29) is 18.2 Å². The van der Waals surface area contributed by atoms with Gasteiger partial charge in [-0.3, -0.25) is 9.69 Å². The lowest BCUT2D eigenvalue weighted by Gasteiger charge is -2.21. The Kier molecular flexibility index (Phi) is 5.47. The topological polar surface area (TPSA) is 78.6 Å². The Bertz CT molecular complexity index is 830. The second kappa shape index (κ2) is 7.96. The average Bonchev–Trinajstić information content (AvgIpc) is 3.21. The van der Waals surface area contributed by atoms with Crippen molar-refractivity contribution in [3.63, 3.8) is 0 Å². The summed E-state index contributed by atoms with van der Waals surface area (Å²) < 4.78 is 5.39. The summed E-state index contributed by atoms with van der Waals surface area (Å²) in [6.45, 7) is 2.94. The lowest BCUT2D eigenvalue weighted by atomic mass is 10.2. The number of aryl methyl sites for hydroxylation is 1. The molecule has 2 N–H and O–H groups in total. The summed E-state index contributed by atoms with van der Waals surface area (Å²) in [5, 5.41) is 15.3. The second-order valence-corrected chi connectivity index (χ2v) is 6.55. The molecule has 2 aromatic heterocycles. The molecule has 0 atom stereocenters. The van der Waals surface area contributed by atoms with Crippen LogP contribution in [0.2, 0.25) is 0 Å². The fourth-order valence-corrected chi connectivity index (χ4v) is 3.15. The number of hydrogen-bond acceptors (Lipinski definition) is 6. The predicted octanol–water partition coefficient (Wildman–Crippen LogP) is 3.39. The van der Waals surface area contributed by atoms with Crippen molar-refractivity contribution >= 4 is 22.4 Å². The highest BCUT2D eigenvalue weighted by Gasteiger charge is 2.16. The number of nitrogens with one attached hydrogen (secondary N) is 1. The molecule has 0 spiro atoms. The van der Waals surface area contributed by atoms with E-state index < -0.39 is 0 Å². The van der Waals surface area contributed by atoms with Crippen molar-refractivity contribution in [1.29, 1.82) is 0 Å². The van der Waals surface area contributed by atoms with E-state index in [4.69, 9.17) is 4.42 Å². The molecule has 3 aromatic rings. The molecule has 0 saturated heterocycles. The molecule has 1 aromatic carbocycles. The van der Waals surface area contributed by atoms with Crippen LogP contribution in [0.15, 0.2) is 52.5 Å². The van der Waals surface area contributed by atoms with Gasteiger partial charge in [0, 0.05) is 17.5 Å². The average molecular weight is 357 g/mol. The molecule has 2 heterocycles. The van der Waals surface area contributed by atoms with Crippen molar-refractivity contribution in [2.24, 2.45) is 0 Å². The summed E-state index contributed by atoms with van der Waals surface area (Å²) in [4.78, 5) is 18.5. The third-order valence-electron chi connectivity index (χ3n) is 3.58. The third-order valence-corrected chi connectivity index (χ3v) is 4.45. The Morgan fingerprint density at radius 1 is 1.28 bits per heavy atom. The van der Waals surface area contributed by atoms with Gasteiger partial charge in [-0.25, -0.2) is 4.98 Å². The normalized spacial score (nSPS) is 11.0. The van der Waals surface area contributed by atoms with Gasteiger partial charge in [-0.15, -0.1) is 11.3 Å². The first-order valence-electron chi connectivity index (χ1n) is 7.84. The van der Waals surface area contributed by atoms with Crippen LogP contribution in [0.1, 0.15) is 17.0 Å². The Balaban J connectivity index is 1.69. The van der Waals surface area contributed by atoms with Gasteiger partial charge in [0.2, 0.25) is 5.91 Å². The molecule has 130 valence electrons. The summed E-state index contributed by atoms with van der Waals surface area (Å²) in [6.07, 6.45) is 1.60. The zero-order chi connectivity index (χ0) is 17.6. The van der Waals surface area contributed by atoms with Crippen molar-refractivity contribution in [3.05, 3.63) is 65.1 Å². The van der Waals surface area contributed by atoms with Crippen LogP contribution in [0.5, 0.6) is 5.75 Å². The number of carbonyl (C=O) groups is 1. The SMILES string of the molecule is Cc1csc(NC(=O)CN(Cc2ccco2)Cc2ccccc2O)n1. The quantitative estimate of drug-likeness (QED) is 0.678. The van der Waals surface area contributed by atoms with Gasteiger partial charge in [0.15, 0.2) is 5.13 Å². The van der Waals surface area contributed by atoms with Crippen LogP contribution in [0.25, 0.3) is 0 Å². The largest absolute Gasteiger partial charge is 0.508 e. The number of aromatic hydroxyl groups is 1. The van der Waals surface area contributed by atoms with Crippen LogP contribution < -0.4 is 5.32 Å². The number of furan rings is 1. The minimum absolute atomic E-state index is 0.156. The minimum Gasteiger partial charge on any atom is -0.508 e. The first-order valence-corrected chi connectivity index (χ1v) is 8.71. The van der Waals surface area contributed by atoms with Crippen molar-refractivity contribution in [3.8, 4) is 5.75 Å². The molecule has 0 aliphatic carbocycles. The molecule has 3 rings (SSSR count). The molecule has 0 saturated carbocycles. The molecule has 0 unspecified atom stereocenters. The number of thiazole rings is 1. The Labute approximate surface area is 149 Å². The lowest BCUT2D eigenvalue weighted by Crippen LogP contribution is -2.32. The number of para-hydroxylation sites is 1. The summed E-state index contributed by atoms with van der Waals surface area (Å²) in [5.74, 6) is 0.813. The van der Waals surface area contributed by atoms with Crippen molar-refractivity contribution in [2.75, 3.05) is 11.9 Å². The highest BCUT2D eigenvalue weighted by atomic mass is 32.1. The number of hydrogen-bond donors (Lipinski definition) is 2. The van der Waals surface area contributed by atoms with Crippen LogP contribution >= 0.6 is 11.3 Å². The zero-order valence-corrected chi connectivity index (χ0v) is 14.6. The van der Waals surface area contributed by atoms with Gasteiger partial charge in [-0.05, 0) is 25.1 Å². The van der Waals surface area contributed by atoms with Crippen LogP contribution in [-0.4, -0.2) is 27.4 Å². The number of anilines is 1. The number of amides is 1. The smallest absolute Gasteiger partial charge is 0.240 e. The van der Waals surface area contributed by atoms with E-state index in [1.165, 1.54) is 11.3 Å². The van der Waals surface area contributed by atoms with E-state index in [9.17, 15) is 9.90 Å². The van der Waals surface area contributed by atoms with E-state index >= 15 is 0 Å². The molecule has 0 radical (unpaired) electrons. The molecular weight excluding hydrogens is 338 g/mol. The number of phenolic OH excluding ortho intramolecular Hbond substituents is 1. The van der Waals surface area contributed by atoms with Crippen LogP contribution in [0, 0.1) is 6.92 Å². The van der Waals surface area contributed by atoms with E-state index in [0.29, 0.717) is 18.2 Å². The van der Waals surface area contributed by atoms with Gasteiger partial charge < -0.3 is 14.8 Å². The maximum Gasteiger partial charge on any atom is 0.240 e. The maximum atomic E-state index is 12.4. The molecular formula is C18H19N3O3S. The van der Waals surface area contributed by atoms with Crippen molar-refractivity contribution < 1.29 is 14.3 Å². The molecule has 0 aliphatic heterocycles. The Morgan fingerprint density at radius 2 is 2.12 bits per heavy atom. The first kappa shape index (κ1) is 17.2. The summed E-state index contributed by atoms with van der Waals surface area (Å²) >= 11 is 1.40. The number of aromatic nitrogens is 1. The molecule has 0 aliphatic rings. The third kappa shape index (κ3) is 4.91. The Morgan fingerprint density at radius 3 is 2.80 bits per heavy atom. The van der Waals surface area contributed by atoms with Gasteiger partial charge in [0.1, 0.15) is 11.5 Å². The first-order chi connectivity index (χ1) is 12.1. The number of nitrogens with zero attached hydrogens (tertiary/aromatic N) is 2. The highest BCUT2D eigenvalue weighted by molar-refractivity contribution is 7.13. The van der Waals surface area contributed by atoms with Crippen molar-refractivity contribution in [1.82, 2.24) is 9.88 Å². The molecule has 1 amide bonds. The predicted molar refractivity (Wildman–Crippen MR) is 96.4 cm³/mol. The Hall–Kier alpha value is -2.64. The summed E-state index contributed by atoms with van der Waals surface area (Å²) in [5.41, 5.74) is 1.63. The van der Waals surface area contributed by atoms with Gasteiger partial charge in [-0.1, -0.05) is 18.2 Å². The van der Waals surface area contributed by atoms with E-state index in [0.717, 1.165) is 17.0 Å². The van der Waals surface area contributed by atoms with Gasteiger partial charge in [0.05, 0.1) is 25.0 Å². The lowest BCUT2D eigenvalue weighted by molar-refractivity contribution is -0.117. The fraction of sp³-hybridized carbons (Fsp3) is 0.222. The highest BCUT2D eigenvalue weighted by Crippen LogP contribution is 2.20. The summed E-state index contributed by atoms with van der Waals surface area (Å²) in [7, 11) is 0. The van der Waals surface area contributed by atoms with E-state index in [1.54, 1.807) is 18.4 Å². The van der Waals surface area contributed by atoms with Gasteiger partial charge >= 0.3 is 0 Å². The van der Waals surface area contributed by atoms with Crippen LogP contribution in [0.4, 0.5) is 5.13 Å². The van der Waals surface area contributed by atoms with Crippen molar-refractivity contribution in [2.45, 2.75) is 20.0 Å². The minimum atomic E-state index is -0.156. The number of carbonyl (C=O) groups excluding carboxylic acids is 1. The summed E-state index contributed by atoms with van der Waals surface area (Å²) in [6, 6.07) is 10.8.